The average Bonchev–Trinajstić information content (AvgIpc) is 3.15. The minimum atomic E-state index is -0.574. The van der Waals surface area contributed by atoms with Crippen LogP contribution in [-0.4, -0.2) is 27.2 Å². The molecule has 142 valence electrons. The number of benzene rings is 2. The number of aryl methyl sites for hydroxylation is 1. The van der Waals surface area contributed by atoms with Gasteiger partial charge in [-0.1, -0.05) is 0 Å². The van der Waals surface area contributed by atoms with E-state index in [1.807, 2.05) is 0 Å². The lowest BCUT2D eigenvalue weighted by Gasteiger charge is -2.08. The highest BCUT2D eigenvalue weighted by Gasteiger charge is 2.15. The Morgan fingerprint density at radius 2 is 2.04 bits per heavy atom. The number of carbonyl (C=O) groups is 1. The highest BCUT2D eigenvalue weighted by Crippen LogP contribution is 2.34. The number of carbonyl (C=O) groups excluding carboxylic acids is 1. The molecule has 0 fully saturated rings. The molecule has 10 nitrogen and oxygen atoms in total. The van der Waals surface area contributed by atoms with E-state index in [4.69, 9.17) is 9.47 Å². The number of aromatic nitrogens is 2. The smallest absolute Gasteiger partial charge is 0.270 e. The van der Waals surface area contributed by atoms with E-state index < -0.39 is 10.5 Å². The lowest BCUT2D eigenvalue weighted by atomic mass is 10.2. The molecule has 0 unspecified atom stereocenters. The third-order valence-corrected chi connectivity index (χ3v) is 4.25. The number of nitro groups is 1. The van der Waals surface area contributed by atoms with Gasteiger partial charge in [-0.2, -0.15) is 0 Å². The van der Waals surface area contributed by atoms with E-state index in [1.54, 1.807) is 18.2 Å². The molecular formula is C18H14N4O6. The van der Waals surface area contributed by atoms with Crippen LogP contribution >= 0.6 is 0 Å². The molecule has 1 aliphatic heterocycles. The maximum absolute atomic E-state index is 12.5. The average molecular weight is 382 g/mol. The molecule has 1 N–H and O–H groups in total. The van der Waals surface area contributed by atoms with Crippen LogP contribution in [0.2, 0.25) is 0 Å². The van der Waals surface area contributed by atoms with Gasteiger partial charge in [-0.25, -0.2) is 4.98 Å². The number of fused-ring (bicyclic) bond motifs is 2. The van der Waals surface area contributed by atoms with Crippen LogP contribution in [0.5, 0.6) is 11.5 Å². The molecule has 2 heterocycles. The predicted molar refractivity (Wildman–Crippen MR) is 98.5 cm³/mol. The number of amides is 1. The normalized spacial score (nSPS) is 12.1. The number of hydrogen-bond donors (Lipinski definition) is 1. The standard InChI is InChI=1S/C18H14N4O6/c23-17(20-11-1-4-15-16(7-11)28-10-27-15)5-6-21-9-19-14-3-2-12(22(25)26)8-13(14)18(21)24/h1-4,7-9H,5-6,10H2,(H,20,23). The van der Waals surface area contributed by atoms with Crippen molar-refractivity contribution in [3.05, 3.63) is 63.2 Å². The molecule has 28 heavy (non-hydrogen) atoms. The monoisotopic (exact) mass is 382 g/mol. The molecule has 10 heteroatoms. The number of nitrogens with zero attached hydrogens (tertiary/aromatic N) is 3. The quantitative estimate of drug-likeness (QED) is 0.529. The number of hydrogen-bond acceptors (Lipinski definition) is 7. The first kappa shape index (κ1) is 17.5. The Kier molecular flexibility index (Phi) is 4.36. The summed E-state index contributed by atoms with van der Waals surface area (Å²) in [4.78, 5) is 39.2. The van der Waals surface area contributed by atoms with Crippen LogP contribution in [0.15, 0.2) is 47.5 Å². The van der Waals surface area contributed by atoms with Gasteiger partial charge < -0.3 is 14.8 Å². The van der Waals surface area contributed by atoms with Crippen molar-refractivity contribution in [2.45, 2.75) is 13.0 Å². The molecule has 1 aromatic heterocycles. The number of anilines is 1. The summed E-state index contributed by atoms with van der Waals surface area (Å²) in [7, 11) is 0. The Labute approximate surface area is 157 Å². The summed E-state index contributed by atoms with van der Waals surface area (Å²) in [5, 5.41) is 13.8. The van der Waals surface area contributed by atoms with Crippen molar-refractivity contribution >= 4 is 28.2 Å². The lowest BCUT2D eigenvalue weighted by molar-refractivity contribution is -0.384. The van der Waals surface area contributed by atoms with Gasteiger partial charge in [0.15, 0.2) is 11.5 Å². The first-order valence-electron chi connectivity index (χ1n) is 8.34. The van der Waals surface area contributed by atoms with Gasteiger partial charge >= 0.3 is 0 Å². The molecule has 0 saturated carbocycles. The second-order valence-corrected chi connectivity index (χ2v) is 6.07. The Bertz CT molecular complexity index is 1160. The van der Waals surface area contributed by atoms with Crippen molar-refractivity contribution in [1.29, 1.82) is 0 Å². The SMILES string of the molecule is O=C(CCn1cnc2ccc([N+](=O)[O-])cc2c1=O)Nc1ccc2c(c1)OCO2. The van der Waals surface area contributed by atoms with E-state index in [-0.39, 0.29) is 36.7 Å². The summed E-state index contributed by atoms with van der Waals surface area (Å²) in [5.41, 5.74) is 0.278. The highest BCUT2D eigenvalue weighted by molar-refractivity contribution is 5.91. The van der Waals surface area contributed by atoms with Crippen LogP contribution in [0.1, 0.15) is 6.42 Å². The van der Waals surface area contributed by atoms with Crippen LogP contribution in [0.4, 0.5) is 11.4 Å². The van der Waals surface area contributed by atoms with E-state index in [0.717, 1.165) is 0 Å². The molecule has 0 saturated heterocycles. The van der Waals surface area contributed by atoms with Crippen LogP contribution in [0.3, 0.4) is 0 Å². The third kappa shape index (κ3) is 3.34. The Balaban J connectivity index is 1.47. The Morgan fingerprint density at radius 1 is 1.21 bits per heavy atom. The summed E-state index contributed by atoms with van der Waals surface area (Å²) < 4.78 is 11.7. The largest absolute Gasteiger partial charge is 0.454 e. The van der Waals surface area contributed by atoms with Crippen molar-refractivity contribution in [3.8, 4) is 11.5 Å². The molecule has 3 aromatic rings. The predicted octanol–water partition coefficient (Wildman–Crippen LogP) is 2.06. The molecule has 0 bridgehead atoms. The van der Waals surface area contributed by atoms with Crippen molar-refractivity contribution in [3.63, 3.8) is 0 Å². The summed E-state index contributed by atoms with van der Waals surface area (Å²) >= 11 is 0. The number of nitro benzene ring substituents is 1. The third-order valence-electron chi connectivity index (χ3n) is 4.25. The zero-order chi connectivity index (χ0) is 19.7. The molecule has 0 aliphatic carbocycles. The molecule has 1 amide bonds. The van der Waals surface area contributed by atoms with Crippen LogP contribution in [-0.2, 0) is 11.3 Å². The van der Waals surface area contributed by atoms with Gasteiger partial charge in [0.1, 0.15) is 0 Å². The van der Waals surface area contributed by atoms with Crippen molar-refractivity contribution < 1.29 is 19.2 Å². The number of non-ortho nitro benzene ring substituents is 1. The number of rotatable bonds is 5. The van der Waals surface area contributed by atoms with Crippen molar-refractivity contribution in [1.82, 2.24) is 9.55 Å². The van der Waals surface area contributed by atoms with Gasteiger partial charge in [0.05, 0.1) is 22.2 Å². The first-order chi connectivity index (χ1) is 13.5. The second kappa shape index (κ2) is 6.99. The maximum atomic E-state index is 12.5. The zero-order valence-corrected chi connectivity index (χ0v) is 14.5. The zero-order valence-electron chi connectivity index (χ0n) is 14.5. The highest BCUT2D eigenvalue weighted by atomic mass is 16.7. The first-order valence-corrected chi connectivity index (χ1v) is 8.34. The van der Waals surface area contributed by atoms with Crippen molar-refractivity contribution in [2.75, 3.05) is 12.1 Å². The summed E-state index contributed by atoms with van der Waals surface area (Å²) in [6.45, 7) is 0.226. The van der Waals surface area contributed by atoms with E-state index in [1.165, 1.54) is 29.1 Å². The summed E-state index contributed by atoms with van der Waals surface area (Å²) in [6.07, 6.45) is 1.35. The van der Waals surface area contributed by atoms with Gasteiger partial charge in [0.2, 0.25) is 12.7 Å². The summed E-state index contributed by atoms with van der Waals surface area (Å²) in [6, 6.07) is 8.94. The van der Waals surface area contributed by atoms with Crippen molar-refractivity contribution in [2.24, 2.45) is 0 Å². The molecule has 1 aliphatic rings. The van der Waals surface area contributed by atoms with Crippen LogP contribution < -0.4 is 20.3 Å². The van der Waals surface area contributed by atoms with Gasteiger partial charge in [-0.3, -0.25) is 24.3 Å². The van der Waals surface area contributed by atoms with Crippen LogP contribution in [0.25, 0.3) is 10.9 Å². The van der Waals surface area contributed by atoms with Gasteiger partial charge in [-0.05, 0) is 18.2 Å². The Morgan fingerprint density at radius 3 is 2.86 bits per heavy atom. The van der Waals surface area contributed by atoms with E-state index in [0.29, 0.717) is 22.7 Å². The molecule has 2 aromatic carbocycles. The fourth-order valence-electron chi connectivity index (χ4n) is 2.84. The number of nitrogens with one attached hydrogen (secondary N) is 1. The molecular weight excluding hydrogens is 368 g/mol. The van der Waals surface area contributed by atoms with Gasteiger partial charge in [0.25, 0.3) is 11.2 Å². The maximum Gasteiger partial charge on any atom is 0.270 e. The topological polar surface area (TPSA) is 126 Å². The molecule has 0 spiro atoms. The van der Waals surface area contributed by atoms with Gasteiger partial charge in [0, 0.05) is 36.9 Å². The lowest BCUT2D eigenvalue weighted by Crippen LogP contribution is -2.23. The molecule has 4 rings (SSSR count). The van der Waals surface area contributed by atoms with Crippen LogP contribution in [0, 0.1) is 10.1 Å². The van der Waals surface area contributed by atoms with E-state index >= 15 is 0 Å². The fourth-order valence-corrected chi connectivity index (χ4v) is 2.84. The van der Waals surface area contributed by atoms with E-state index in [2.05, 4.69) is 10.3 Å². The number of ether oxygens (including phenoxy) is 2. The van der Waals surface area contributed by atoms with Gasteiger partial charge in [-0.15, -0.1) is 0 Å². The molecule has 0 radical (unpaired) electrons. The minimum absolute atomic E-state index is 0.0243. The summed E-state index contributed by atoms with van der Waals surface area (Å²) in [5.74, 6) is 0.861. The molecule has 0 atom stereocenters. The fraction of sp³-hybridized carbons (Fsp3) is 0.167. The minimum Gasteiger partial charge on any atom is -0.454 e. The second-order valence-electron chi connectivity index (χ2n) is 6.07. The Hall–Kier alpha value is -3.95. The van der Waals surface area contributed by atoms with E-state index in [9.17, 15) is 19.7 Å².